The lowest BCUT2D eigenvalue weighted by molar-refractivity contribution is -0.112. The molecule has 26 heavy (non-hydrogen) atoms. The van der Waals surface area contributed by atoms with Crippen molar-refractivity contribution in [3.8, 4) is 11.5 Å². The molecule has 0 aliphatic heterocycles. The first-order valence-corrected chi connectivity index (χ1v) is 10.0. The van der Waals surface area contributed by atoms with Crippen LogP contribution < -0.4 is 13.8 Å². The van der Waals surface area contributed by atoms with E-state index in [0.29, 0.717) is 5.75 Å². The molecule has 1 unspecified atom stereocenters. The SMILES string of the molecule is COc1ccc(OC)c(N(C(C)C(=O)Cl)S(=O)(=O)c2ccc(Br)cc2)c1. The van der Waals surface area contributed by atoms with Gasteiger partial charge in [0, 0.05) is 10.5 Å². The van der Waals surface area contributed by atoms with Crippen LogP contribution >= 0.6 is 27.5 Å². The Kier molecular flexibility index (Phi) is 6.54. The lowest BCUT2D eigenvalue weighted by Crippen LogP contribution is -2.42. The quantitative estimate of drug-likeness (QED) is 0.585. The van der Waals surface area contributed by atoms with E-state index in [1.54, 1.807) is 24.3 Å². The van der Waals surface area contributed by atoms with Gasteiger partial charge in [0.2, 0.25) is 5.24 Å². The molecular weight excluding hydrogens is 446 g/mol. The summed E-state index contributed by atoms with van der Waals surface area (Å²) in [7, 11) is -1.24. The highest BCUT2D eigenvalue weighted by Gasteiger charge is 2.34. The van der Waals surface area contributed by atoms with E-state index >= 15 is 0 Å². The van der Waals surface area contributed by atoms with Crippen LogP contribution in [0.25, 0.3) is 0 Å². The van der Waals surface area contributed by atoms with Crippen LogP contribution in [0.3, 0.4) is 0 Å². The van der Waals surface area contributed by atoms with Gasteiger partial charge in [0.1, 0.15) is 17.5 Å². The summed E-state index contributed by atoms with van der Waals surface area (Å²) in [6, 6.07) is 9.57. The Morgan fingerprint density at radius 2 is 1.73 bits per heavy atom. The normalized spacial score (nSPS) is 12.3. The van der Waals surface area contributed by atoms with Crippen molar-refractivity contribution in [2.45, 2.75) is 17.9 Å². The molecule has 2 aromatic carbocycles. The van der Waals surface area contributed by atoms with Gasteiger partial charge in [0.25, 0.3) is 10.0 Å². The fourth-order valence-electron chi connectivity index (χ4n) is 2.33. The lowest BCUT2D eigenvalue weighted by Gasteiger charge is -2.29. The number of halogens is 2. The van der Waals surface area contributed by atoms with Crippen LogP contribution in [0.15, 0.2) is 51.8 Å². The van der Waals surface area contributed by atoms with Gasteiger partial charge in [-0.3, -0.25) is 9.10 Å². The Morgan fingerprint density at radius 1 is 1.12 bits per heavy atom. The van der Waals surface area contributed by atoms with E-state index in [9.17, 15) is 13.2 Å². The van der Waals surface area contributed by atoms with Gasteiger partial charge in [-0.15, -0.1) is 0 Å². The van der Waals surface area contributed by atoms with E-state index in [4.69, 9.17) is 21.1 Å². The maximum Gasteiger partial charge on any atom is 0.265 e. The number of ether oxygens (including phenoxy) is 2. The van der Waals surface area contributed by atoms with Crippen molar-refractivity contribution in [3.63, 3.8) is 0 Å². The number of hydrogen-bond acceptors (Lipinski definition) is 5. The van der Waals surface area contributed by atoms with Crippen LogP contribution in [0, 0.1) is 0 Å². The number of benzene rings is 2. The van der Waals surface area contributed by atoms with Crippen molar-refractivity contribution in [2.75, 3.05) is 18.5 Å². The largest absolute Gasteiger partial charge is 0.497 e. The van der Waals surface area contributed by atoms with Gasteiger partial charge in [0.15, 0.2) is 0 Å². The van der Waals surface area contributed by atoms with Crippen molar-refractivity contribution < 1.29 is 22.7 Å². The fourth-order valence-corrected chi connectivity index (χ4v) is 4.37. The zero-order valence-corrected chi connectivity index (χ0v) is 17.4. The average molecular weight is 463 g/mol. The van der Waals surface area contributed by atoms with Gasteiger partial charge >= 0.3 is 0 Å². The maximum atomic E-state index is 13.3. The van der Waals surface area contributed by atoms with Crippen molar-refractivity contribution in [1.82, 2.24) is 0 Å². The summed E-state index contributed by atoms with van der Waals surface area (Å²) in [6.45, 7) is 1.41. The van der Waals surface area contributed by atoms with Gasteiger partial charge in [-0.1, -0.05) is 15.9 Å². The zero-order chi connectivity index (χ0) is 19.5. The molecule has 0 spiro atoms. The third-order valence-corrected chi connectivity index (χ3v) is 6.42. The molecule has 2 aromatic rings. The number of anilines is 1. The van der Waals surface area contributed by atoms with Crippen molar-refractivity contribution in [2.24, 2.45) is 0 Å². The Labute approximate surface area is 165 Å². The van der Waals surface area contributed by atoms with Gasteiger partial charge in [0.05, 0.1) is 24.8 Å². The number of carbonyl (C=O) groups is 1. The summed E-state index contributed by atoms with van der Waals surface area (Å²) in [5.74, 6) is 0.669. The maximum absolute atomic E-state index is 13.3. The monoisotopic (exact) mass is 461 g/mol. The van der Waals surface area contributed by atoms with E-state index in [0.717, 1.165) is 8.78 Å². The van der Waals surface area contributed by atoms with E-state index in [1.165, 1.54) is 39.3 Å². The number of hydrogen-bond donors (Lipinski definition) is 0. The molecule has 9 heteroatoms. The molecule has 0 heterocycles. The predicted molar refractivity (Wildman–Crippen MR) is 104 cm³/mol. The molecule has 1 atom stereocenters. The fraction of sp³-hybridized carbons (Fsp3) is 0.235. The molecule has 0 aromatic heterocycles. The minimum Gasteiger partial charge on any atom is -0.497 e. The summed E-state index contributed by atoms with van der Waals surface area (Å²) in [6.07, 6.45) is 0. The average Bonchev–Trinajstić information content (AvgIpc) is 2.61. The first-order valence-electron chi connectivity index (χ1n) is 7.43. The van der Waals surface area contributed by atoms with Crippen LogP contribution in [0.5, 0.6) is 11.5 Å². The second-order valence-corrected chi connectivity index (χ2v) is 8.38. The molecular formula is C17H17BrClNO5S. The standard InChI is InChI=1S/C17H17BrClNO5S/c1-11(17(19)21)20(15-10-13(24-2)6-9-16(15)25-3)26(22,23)14-7-4-12(18)5-8-14/h4-11H,1-3H3. The molecule has 0 aliphatic carbocycles. The minimum absolute atomic E-state index is 0.00957. The molecule has 0 aliphatic rings. The molecule has 0 saturated carbocycles. The lowest BCUT2D eigenvalue weighted by atomic mass is 10.2. The predicted octanol–water partition coefficient (Wildman–Crippen LogP) is 3.82. The van der Waals surface area contributed by atoms with Crippen LogP contribution in [0.4, 0.5) is 5.69 Å². The van der Waals surface area contributed by atoms with Crippen LogP contribution in [0.2, 0.25) is 0 Å². The highest BCUT2D eigenvalue weighted by molar-refractivity contribution is 9.10. The smallest absolute Gasteiger partial charge is 0.265 e. The summed E-state index contributed by atoms with van der Waals surface area (Å²) >= 11 is 8.90. The van der Waals surface area contributed by atoms with E-state index in [2.05, 4.69) is 15.9 Å². The van der Waals surface area contributed by atoms with Crippen molar-refractivity contribution in [3.05, 3.63) is 46.9 Å². The first kappa shape index (κ1) is 20.5. The number of sulfonamides is 1. The van der Waals surface area contributed by atoms with Crippen molar-refractivity contribution in [1.29, 1.82) is 0 Å². The number of nitrogens with zero attached hydrogens (tertiary/aromatic N) is 1. The number of rotatable bonds is 7. The number of methoxy groups -OCH3 is 2. The second kappa shape index (κ2) is 8.28. The molecule has 0 radical (unpaired) electrons. The topological polar surface area (TPSA) is 72.9 Å². The molecule has 0 saturated heterocycles. The minimum atomic E-state index is -4.10. The molecule has 0 fully saturated rings. The molecule has 0 bridgehead atoms. The Morgan fingerprint density at radius 3 is 2.23 bits per heavy atom. The van der Waals surface area contributed by atoms with Crippen LogP contribution in [0.1, 0.15) is 6.92 Å². The molecule has 2 rings (SSSR count). The summed E-state index contributed by atoms with van der Waals surface area (Å²) in [5.41, 5.74) is 0.149. The summed E-state index contributed by atoms with van der Waals surface area (Å²) in [4.78, 5) is 11.8. The van der Waals surface area contributed by atoms with E-state index in [1.807, 2.05) is 0 Å². The van der Waals surface area contributed by atoms with E-state index < -0.39 is 21.3 Å². The Bertz CT molecular complexity index is 902. The second-order valence-electron chi connectivity index (χ2n) is 5.27. The third-order valence-electron chi connectivity index (χ3n) is 3.67. The Hall–Kier alpha value is -1.77. The van der Waals surface area contributed by atoms with Crippen LogP contribution in [-0.4, -0.2) is 33.9 Å². The van der Waals surface area contributed by atoms with Crippen molar-refractivity contribution >= 4 is 48.5 Å². The van der Waals surface area contributed by atoms with Gasteiger partial charge in [-0.2, -0.15) is 0 Å². The summed E-state index contributed by atoms with van der Waals surface area (Å²) < 4.78 is 38.6. The molecule has 140 valence electrons. The van der Waals surface area contributed by atoms with E-state index in [-0.39, 0.29) is 16.3 Å². The third kappa shape index (κ3) is 4.13. The number of carbonyl (C=O) groups excluding carboxylic acids is 1. The van der Waals surface area contributed by atoms with Gasteiger partial charge < -0.3 is 9.47 Å². The molecule has 0 amide bonds. The van der Waals surface area contributed by atoms with Gasteiger partial charge in [-0.05, 0) is 54.9 Å². The van der Waals surface area contributed by atoms with Crippen LogP contribution in [-0.2, 0) is 14.8 Å². The van der Waals surface area contributed by atoms with Gasteiger partial charge in [-0.25, -0.2) is 8.42 Å². The molecule has 0 N–H and O–H groups in total. The highest BCUT2D eigenvalue weighted by Crippen LogP contribution is 2.37. The molecule has 6 nitrogen and oxygen atoms in total. The summed E-state index contributed by atoms with van der Waals surface area (Å²) in [5, 5.41) is -0.824. The first-order chi connectivity index (χ1) is 12.2. The Balaban J connectivity index is 2.72. The highest BCUT2D eigenvalue weighted by atomic mass is 79.9. The zero-order valence-electron chi connectivity index (χ0n) is 14.3.